The van der Waals surface area contributed by atoms with E-state index in [1.54, 1.807) is 6.92 Å². The minimum Gasteiger partial charge on any atom is -0.331 e. The second-order valence-corrected chi connectivity index (χ2v) is 7.01. The standard InChI is InChI=1S/C16H19Cl2F4N3O/c1-10(11-7-14(19)13(18)8-12(11)17)23-15(26)25-4-2-3-24(5-6-25)9-16(20,21)22/h7-8,10H,2-6,9H2,1H3,(H,23,26). The van der Waals surface area contributed by atoms with E-state index in [1.807, 2.05) is 0 Å². The Morgan fingerprint density at radius 1 is 1.19 bits per heavy atom. The third-order valence-corrected chi connectivity index (χ3v) is 4.74. The summed E-state index contributed by atoms with van der Waals surface area (Å²) in [7, 11) is 0. The lowest BCUT2D eigenvalue weighted by Crippen LogP contribution is -2.43. The van der Waals surface area contributed by atoms with Crippen molar-refractivity contribution in [1.29, 1.82) is 0 Å². The summed E-state index contributed by atoms with van der Waals surface area (Å²) in [5.41, 5.74) is 0.371. The van der Waals surface area contributed by atoms with Crippen LogP contribution in [0.25, 0.3) is 0 Å². The molecule has 10 heteroatoms. The molecule has 1 saturated heterocycles. The van der Waals surface area contributed by atoms with Crippen molar-refractivity contribution in [2.24, 2.45) is 0 Å². The van der Waals surface area contributed by atoms with Gasteiger partial charge in [-0.25, -0.2) is 9.18 Å². The van der Waals surface area contributed by atoms with E-state index in [4.69, 9.17) is 23.2 Å². The molecule has 26 heavy (non-hydrogen) atoms. The molecule has 0 bridgehead atoms. The van der Waals surface area contributed by atoms with Crippen LogP contribution in [-0.4, -0.2) is 54.7 Å². The van der Waals surface area contributed by atoms with Crippen LogP contribution in [0.1, 0.15) is 24.9 Å². The summed E-state index contributed by atoms with van der Waals surface area (Å²) in [5.74, 6) is -0.648. The van der Waals surface area contributed by atoms with Gasteiger partial charge < -0.3 is 10.2 Å². The van der Waals surface area contributed by atoms with Gasteiger partial charge in [0.15, 0.2) is 0 Å². The van der Waals surface area contributed by atoms with Crippen LogP contribution in [0.3, 0.4) is 0 Å². The zero-order chi connectivity index (χ0) is 19.5. The molecule has 0 saturated carbocycles. The molecule has 1 atom stereocenters. The van der Waals surface area contributed by atoms with E-state index in [2.05, 4.69) is 5.32 Å². The van der Waals surface area contributed by atoms with E-state index >= 15 is 0 Å². The predicted octanol–water partition coefficient (Wildman–Crippen LogP) is 4.47. The molecule has 2 rings (SSSR count). The minimum absolute atomic E-state index is 0.116. The molecule has 1 aromatic rings. The first-order chi connectivity index (χ1) is 12.1. The lowest BCUT2D eigenvalue weighted by molar-refractivity contribution is -0.145. The third-order valence-electron chi connectivity index (χ3n) is 4.12. The molecule has 0 aromatic heterocycles. The molecule has 146 valence electrons. The number of nitrogens with zero attached hydrogens (tertiary/aromatic N) is 2. The Morgan fingerprint density at radius 2 is 1.88 bits per heavy atom. The number of urea groups is 1. The fourth-order valence-corrected chi connectivity index (χ4v) is 3.36. The maximum Gasteiger partial charge on any atom is 0.401 e. The summed E-state index contributed by atoms with van der Waals surface area (Å²) in [5, 5.41) is 2.80. The highest BCUT2D eigenvalue weighted by molar-refractivity contribution is 6.35. The molecule has 0 spiro atoms. The van der Waals surface area contributed by atoms with Gasteiger partial charge in [-0.15, -0.1) is 0 Å². The fraction of sp³-hybridized carbons (Fsp3) is 0.562. The molecule has 4 nitrogen and oxygen atoms in total. The van der Waals surface area contributed by atoms with Crippen LogP contribution in [-0.2, 0) is 0 Å². The minimum atomic E-state index is -4.26. The molecule has 1 aliphatic heterocycles. The lowest BCUT2D eigenvalue weighted by Gasteiger charge is -2.25. The molecule has 1 aliphatic rings. The van der Waals surface area contributed by atoms with Gasteiger partial charge in [-0.3, -0.25) is 4.90 Å². The van der Waals surface area contributed by atoms with Crippen molar-refractivity contribution >= 4 is 29.2 Å². The summed E-state index contributed by atoms with van der Waals surface area (Å²) in [6, 6.07) is 1.40. The van der Waals surface area contributed by atoms with Crippen LogP contribution in [0.5, 0.6) is 0 Å². The number of nitrogens with one attached hydrogen (secondary N) is 1. The van der Waals surface area contributed by atoms with Gasteiger partial charge in [-0.1, -0.05) is 23.2 Å². The molecule has 1 unspecified atom stereocenters. The van der Waals surface area contributed by atoms with Gasteiger partial charge in [0.1, 0.15) is 5.82 Å². The van der Waals surface area contributed by atoms with E-state index in [-0.39, 0.29) is 29.7 Å². The van der Waals surface area contributed by atoms with Gasteiger partial charge in [0.2, 0.25) is 0 Å². The molecule has 1 heterocycles. The van der Waals surface area contributed by atoms with E-state index < -0.39 is 30.6 Å². The zero-order valence-corrected chi connectivity index (χ0v) is 15.6. The summed E-state index contributed by atoms with van der Waals surface area (Å²) in [6.07, 6.45) is -3.82. The Balaban J connectivity index is 1.96. The summed E-state index contributed by atoms with van der Waals surface area (Å²) >= 11 is 11.7. The van der Waals surface area contributed by atoms with Crippen LogP contribution in [0, 0.1) is 5.82 Å². The number of halogens is 6. The average molecular weight is 416 g/mol. The molecule has 1 fully saturated rings. The fourth-order valence-electron chi connectivity index (χ4n) is 2.81. The topological polar surface area (TPSA) is 35.6 Å². The number of hydrogen-bond donors (Lipinski definition) is 1. The number of amides is 2. The quantitative estimate of drug-likeness (QED) is 0.583. The Labute approximate surface area is 159 Å². The Hall–Kier alpha value is -1.25. The molecule has 1 aromatic carbocycles. The number of carbonyl (C=O) groups excluding carboxylic acids is 1. The van der Waals surface area contributed by atoms with E-state index in [1.165, 1.54) is 15.9 Å². The first-order valence-corrected chi connectivity index (χ1v) is 8.81. The van der Waals surface area contributed by atoms with Gasteiger partial charge in [0.25, 0.3) is 0 Å². The SMILES string of the molecule is CC(NC(=O)N1CCCN(CC(F)(F)F)CC1)c1cc(F)c(Cl)cc1Cl. The van der Waals surface area contributed by atoms with Gasteiger partial charge >= 0.3 is 12.2 Å². The van der Waals surface area contributed by atoms with Gasteiger partial charge in [0.05, 0.1) is 17.6 Å². The number of rotatable bonds is 3. The van der Waals surface area contributed by atoms with Crippen LogP contribution in [0.15, 0.2) is 12.1 Å². The molecule has 0 radical (unpaired) electrons. The van der Waals surface area contributed by atoms with Crippen molar-refractivity contribution in [2.45, 2.75) is 25.6 Å². The maximum absolute atomic E-state index is 13.6. The average Bonchev–Trinajstić information content (AvgIpc) is 2.74. The van der Waals surface area contributed by atoms with Crippen LogP contribution < -0.4 is 5.32 Å². The maximum atomic E-state index is 13.6. The second kappa shape index (κ2) is 8.63. The van der Waals surface area contributed by atoms with Crippen molar-refractivity contribution in [3.05, 3.63) is 33.6 Å². The second-order valence-electron chi connectivity index (χ2n) is 6.19. The molecular weight excluding hydrogens is 397 g/mol. The van der Waals surface area contributed by atoms with Crippen LogP contribution >= 0.6 is 23.2 Å². The van der Waals surface area contributed by atoms with Crippen LogP contribution in [0.4, 0.5) is 22.4 Å². The van der Waals surface area contributed by atoms with E-state index in [0.717, 1.165) is 6.07 Å². The highest BCUT2D eigenvalue weighted by Crippen LogP contribution is 2.28. The molecule has 1 N–H and O–H groups in total. The van der Waals surface area contributed by atoms with E-state index in [0.29, 0.717) is 18.5 Å². The van der Waals surface area contributed by atoms with Crippen molar-refractivity contribution in [1.82, 2.24) is 15.1 Å². The Bertz CT molecular complexity index is 657. The molecule has 0 aliphatic carbocycles. The van der Waals surface area contributed by atoms with Gasteiger partial charge in [0, 0.05) is 31.2 Å². The smallest absolute Gasteiger partial charge is 0.331 e. The zero-order valence-electron chi connectivity index (χ0n) is 14.0. The largest absolute Gasteiger partial charge is 0.401 e. The summed E-state index contributed by atoms with van der Waals surface area (Å²) in [4.78, 5) is 15.1. The van der Waals surface area contributed by atoms with Crippen molar-refractivity contribution < 1.29 is 22.4 Å². The lowest BCUT2D eigenvalue weighted by atomic mass is 10.1. The first-order valence-electron chi connectivity index (χ1n) is 8.06. The monoisotopic (exact) mass is 415 g/mol. The van der Waals surface area contributed by atoms with Crippen LogP contribution in [0.2, 0.25) is 10.0 Å². The van der Waals surface area contributed by atoms with Crippen molar-refractivity contribution in [3.63, 3.8) is 0 Å². The number of alkyl halides is 3. The van der Waals surface area contributed by atoms with Gasteiger partial charge in [-0.05, 0) is 31.0 Å². The highest BCUT2D eigenvalue weighted by Gasteiger charge is 2.32. The normalized spacial score (nSPS) is 17.7. The summed E-state index contributed by atoms with van der Waals surface area (Å²) < 4.78 is 51.1. The third kappa shape index (κ3) is 5.89. The Kier molecular flexibility index (Phi) is 6.99. The highest BCUT2D eigenvalue weighted by atomic mass is 35.5. The first kappa shape index (κ1) is 21.1. The van der Waals surface area contributed by atoms with Gasteiger partial charge in [-0.2, -0.15) is 13.2 Å². The van der Waals surface area contributed by atoms with Crippen molar-refractivity contribution in [3.8, 4) is 0 Å². The number of benzene rings is 1. The molecule has 2 amide bonds. The van der Waals surface area contributed by atoms with Crippen molar-refractivity contribution in [2.75, 3.05) is 32.7 Å². The predicted molar refractivity (Wildman–Crippen MR) is 92.1 cm³/mol. The van der Waals surface area contributed by atoms with E-state index in [9.17, 15) is 22.4 Å². The number of hydrogen-bond acceptors (Lipinski definition) is 2. The molecular formula is C16H19Cl2F4N3O. The number of carbonyl (C=O) groups is 1. The Morgan fingerprint density at radius 3 is 2.54 bits per heavy atom. The summed E-state index contributed by atoms with van der Waals surface area (Å²) in [6.45, 7) is 1.58.